The van der Waals surface area contributed by atoms with Crippen molar-refractivity contribution in [2.75, 3.05) is 12.8 Å². The molecule has 5 nitrogen and oxygen atoms in total. The molecule has 0 spiro atoms. The summed E-state index contributed by atoms with van der Waals surface area (Å²) >= 11 is 0. The van der Waals surface area contributed by atoms with Crippen LogP contribution in [-0.4, -0.2) is 32.7 Å². The van der Waals surface area contributed by atoms with E-state index in [0.717, 1.165) is 12.8 Å². The molecule has 0 radical (unpaired) electrons. The van der Waals surface area contributed by atoms with Crippen molar-refractivity contribution in [2.45, 2.75) is 38.0 Å². The highest BCUT2D eigenvalue weighted by Crippen LogP contribution is 2.15. The molecule has 1 aromatic carbocycles. The molecule has 0 bridgehead atoms. The van der Waals surface area contributed by atoms with Gasteiger partial charge in [0.2, 0.25) is 0 Å². The Morgan fingerprint density at radius 3 is 2.10 bits per heavy atom. The fourth-order valence-electron chi connectivity index (χ4n) is 2.13. The van der Waals surface area contributed by atoms with Gasteiger partial charge in [-0.05, 0) is 30.5 Å². The van der Waals surface area contributed by atoms with Gasteiger partial charge in [-0.3, -0.25) is 4.79 Å². The van der Waals surface area contributed by atoms with Gasteiger partial charge < -0.3 is 11.1 Å². The fourth-order valence-corrected chi connectivity index (χ4v) is 2.93. The van der Waals surface area contributed by atoms with Crippen LogP contribution in [0, 0.1) is 0 Å². The quantitative estimate of drug-likeness (QED) is 0.798. The highest BCUT2D eigenvalue weighted by atomic mass is 32.2. The number of benzene rings is 1. The van der Waals surface area contributed by atoms with E-state index < -0.39 is 9.84 Å². The van der Waals surface area contributed by atoms with E-state index in [0.29, 0.717) is 17.7 Å². The third-order valence-corrected chi connectivity index (χ3v) is 4.63. The molecule has 0 aliphatic rings. The summed E-state index contributed by atoms with van der Waals surface area (Å²) < 4.78 is 22.5. The van der Waals surface area contributed by atoms with Crippen LogP contribution >= 0.6 is 0 Å². The lowest BCUT2D eigenvalue weighted by atomic mass is 9.92. The summed E-state index contributed by atoms with van der Waals surface area (Å²) in [6.45, 7) is 4.37. The zero-order valence-corrected chi connectivity index (χ0v) is 13.7. The molecule has 0 saturated carbocycles. The molecule has 3 N–H and O–H groups in total. The van der Waals surface area contributed by atoms with Crippen molar-refractivity contribution in [3.8, 4) is 0 Å². The Morgan fingerprint density at radius 2 is 1.71 bits per heavy atom. The van der Waals surface area contributed by atoms with Crippen LogP contribution in [0.3, 0.4) is 0 Å². The highest BCUT2D eigenvalue weighted by Gasteiger charge is 2.26. The number of hydrogen-bond acceptors (Lipinski definition) is 4. The molecular weight excluding hydrogens is 288 g/mol. The van der Waals surface area contributed by atoms with E-state index in [2.05, 4.69) is 5.32 Å². The Bertz CT molecular complexity index is 567. The Kier molecular flexibility index (Phi) is 5.92. The van der Waals surface area contributed by atoms with Crippen LogP contribution in [0.4, 0.5) is 0 Å². The average Bonchev–Trinajstić information content (AvgIpc) is 2.44. The minimum atomic E-state index is -3.07. The first-order chi connectivity index (χ1) is 9.75. The molecule has 1 amide bonds. The number of nitrogens with two attached hydrogens (primary N) is 1. The van der Waals surface area contributed by atoms with Gasteiger partial charge in [0.25, 0.3) is 5.91 Å². The second-order valence-corrected chi connectivity index (χ2v) is 7.55. The van der Waals surface area contributed by atoms with Crippen molar-refractivity contribution in [1.82, 2.24) is 5.32 Å². The van der Waals surface area contributed by atoms with Gasteiger partial charge in [0.1, 0.15) is 0 Å². The Morgan fingerprint density at radius 1 is 1.19 bits per heavy atom. The second kappa shape index (κ2) is 7.04. The summed E-state index contributed by atoms with van der Waals surface area (Å²) in [5.74, 6) is -0.207. The molecule has 0 fully saturated rings. The van der Waals surface area contributed by atoms with Gasteiger partial charge >= 0.3 is 0 Å². The van der Waals surface area contributed by atoms with E-state index in [1.54, 1.807) is 24.3 Å². The molecule has 0 saturated heterocycles. The highest BCUT2D eigenvalue weighted by molar-refractivity contribution is 7.89. The smallest absolute Gasteiger partial charge is 0.251 e. The lowest BCUT2D eigenvalue weighted by molar-refractivity contribution is 0.0895. The minimum absolute atomic E-state index is 0.0223. The van der Waals surface area contributed by atoms with Crippen LogP contribution in [-0.2, 0) is 15.6 Å². The van der Waals surface area contributed by atoms with Crippen LogP contribution in [0.25, 0.3) is 0 Å². The van der Waals surface area contributed by atoms with Gasteiger partial charge in [-0.25, -0.2) is 8.42 Å². The Balaban J connectivity index is 2.84. The van der Waals surface area contributed by atoms with E-state index >= 15 is 0 Å². The molecule has 0 aromatic heterocycles. The third-order valence-electron chi connectivity index (χ3n) is 3.77. The molecule has 21 heavy (non-hydrogen) atoms. The number of rotatable bonds is 7. The number of carbonyl (C=O) groups excluding carboxylic acids is 1. The standard InChI is InChI=1S/C15H24N2O3S/c1-4-15(5-2,11-16)17-14(18)13-8-6-12(7-9-13)10-21(3,19)20/h6-9H,4-5,10-11,16H2,1-3H3,(H,17,18). The maximum absolute atomic E-state index is 12.2. The molecule has 0 heterocycles. The van der Waals surface area contributed by atoms with Crippen LogP contribution < -0.4 is 11.1 Å². The van der Waals surface area contributed by atoms with Crippen molar-refractivity contribution < 1.29 is 13.2 Å². The van der Waals surface area contributed by atoms with Gasteiger partial charge in [0.15, 0.2) is 9.84 Å². The van der Waals surface area contributed by atoms with Gasteiger partial charge in [0.05, 0.1) is 11.3 Å². The molecule has 1 aromatic rings. The van der Waals surface area contributed by atoms with Crippen molar-refractivity contribution >= 4 is 15.7 Å². The predicted molar refractivity (Wildman–Crippen MR) is 84.8 cm³/mol. The Hall–Kier alpha value is -1.40. The first-order valence-corrected chi connectivity index (χ1v) is 9.10. The number of amides is 1. The number of carbonyl (C=O) groups is 1. The lowest BCUT2D eigenvalue weighted by Gasteiger charge is -2.31. The van der Waals surface area contributed by atoms with Crippen LogP contribution in [0.1, 0.15) is 42.6 Å². The summed E-state index contributed by atoms with van der Waals surface area (Å²) in [4.78, 5) is 12.2. The normalized spacial score (nSPS) is 12.2. The molecule has 0 unspecified atom stereocenters. The third kappa shape index (κ3) is 5.13. The summed E-state index contributed by atoms with van der Waals surface area (Å²) in [6.07, 6.45) is 2.71. The van der Waals surface area contributed by atoms with Crippen LogP contribution in [0.15, 0.2) is 24.3 Å². The molecule has 0 aliphatic heterocycles. The largest absolute Gasteiger partial charge is 0.345 e. The topological polar surface area (TPSA) is 89.3 Å². The van der Waals surface area contributed by atoms with Gasteiger partial charge in [-0.2, -0.15) is 0 Å². The first kappa shape index (κ1) is 17.7. The average molecular weight is 312 g/mol. The predicted octanol–water partition coefficient (Wildman–Crippen LogP) is 1.48. The summed E-state index contributed by atoms with van der Waals surface area (Å²) in [7, 11) is -3.07. The molecule has 6 heteroatoms. The van der Waals surface area contributed by atoms with Gasteiger partial charge in [0, 0.05) is 18.4 Å². The second-order valence-electron chi connectivity index (χ2n) is 5.41. The molecular formula is C15H24N2O3S. The van der Waals surface area contributed by atoms with E-state index in [1.165, 1.54) is 6.26 Å². The number of hydrogen-bond donors (Lipinski definition) is 2. The van der Waals surface area contributed by atoms with Crippen LogP contribution in [0.5, 0.6) is 0 Å². The van der Waals surface area contributed by atoms with E-state index in [-0.39, 0.29) is 17.2 Å². The van der Waals surface area contributed by atoms with Crippen LogP contribution in [0.2, 0.25) is 0 Å². The van der Waals surface area contributed by atoms with Gasteiger partial charge in [-0.15, -0.1) is 0 Å². The monoisotopic (exact) mass is 312 g/mol. The van der Waals surface area contributed by atoms with Crippen molar-refractivity contribution in [1.29, 1.82) is 0 Å². The van der Waals surface area contributed by atoms with Crippen molar-refractivity contribution in [3.63, 3.8) is 0 Å². The fraction of sp³-hybridized carbons (Fsp3) is 0.533. The first-order valence-electron chi connectivity index (χ1n) is 7.04. The number of nitrogens with one attached hydrogen (secondary N) is 1. The van der Waals surface area contributed by atoms with Crippen molar-refractivity contribution in [3.05, 3.63) is 35.4 Å². The zero-order chi connectivity index (χ0) is 16.1. The Labute approximate surface area is 126 Å². The summed E-state index contributed by atoms with van der Waals surface area (Å²) in [6, 6.07) is 6.61. The maximum atomic E-state index is 12.2. The molecule has 118 valence electrons. The zero-order valence-electron chi connectivity index (χ0n) is 12.8. The van der Waals surface area contributed by atoms with Crippen molar-refractivity contribution in [2.24, 2.45) is 5.73 Å². The lowest BCUT2D eigenvalue weighted by Crippen LogP contribution is -2.52. The summed E-state index contributed by atoms with van der Waals surface area (Å²) in [5.41, 5.74) is 6.56. The molecule has 0 aliphatic carbocycles. The van der Waals surface area contributed by atoms with E-state index in [1.807, 2.05) is 13.8 Å². The van der Waals surface area contributed by atoms with E-state index in [9.17, 15) is 13.2 Å². The SMILES string of the molecule is CCC(CC)(CN)NC(=O)c1ccc(CS(C)(=O)=O)cc1. The molecule has 1 rings (SSSR count). The van der Waals surface area contributed by atoms with Gasteiger partial charge in [-0.1, -0.05) is 26.0 Å². The van der Waals surface area contributed by atoms with E-state index in [4.69, 9.17) is 5.73 Å². The number of sulfone groups is 1. The summed E-state index contributed by atoms with van der Waals surface area (Å²) in [5, 5.41) is 2.98. The molecule has 0 atom stereocenters. The minimum Gasteiger partial charge on any atom is -0.345 e. The maximum Gasteiger partial charge on any atom is 0.251 e.